The Morgan fingerprint density at radius 2 is 1.94 bits per heavy atom. The third-order valence-electron chi connectivity index (χ3n) is 2.93. The van der Waals surface area contributed by atoms with Gasteiger partial charge in [0, 0.05) is 19.0 Å². The molecule has 0 aliphatic heterocycles. The van der Waals surface area contributed by atoms with Gasteiger partial charge < -0.3 is 4.74 Å². The van der Waals surface area contributed by atoms with Crippen LogP contribution in [0.2, 0.25) is 0 Å². The molecule has 0 fully saturated rings. The second-order valence-corrected chi connectivity index (χ2v) is 4.52. The summed E-state index contributed by atoms with van der Waals surface area (Å²) in [6.45, 7) is 4.56. The monoisotopic (exact) mass is 235 g/mol. The zero-order valence-corrected chi connectivity index (χ0v) is 11.1. The van der Waals surface area contributed by atoms with Crippen LogP contribution in [-0.4, -0.2) is 30.9 Å². The third-order valence-corrected chi connectivity index (χ3v) is 2.93. The van der Waals surface area contributed by atoms with Crippen molar-refractivity contribution < 1.29 is 9.53 Å². The van der Waals surface area contributed by atoms with Gasteiger partial charge in [-0.3, -0.25) is 9.69 Å². The summed E-state index contributed by atoms with van der Waals surface area (Å²) in [7, 11) is 3.70. The minimum absolute atomic E-state index is 0.235. The molecule has 94 valence electrons. The maximum atomic E-state index is 11.1. The molecular formula is C14H21NO2. The highest BCUT2D eigenvalue weighted by molar-refractivity contribution is 5.76. The quantitative estimate of drug-likeness (QED) is 0.758. The van der Waals surface area contributed by atoms with Gasteiger partial charge in [-0.05, 0) is 38.6 Å². The molecule has 0 aromatic heterocycles. The lowest BCUT2D eigenvalue weighted by Gasteiger charge is -2.23. The second-order valence-electron chi connectivity index (χ2n) is 4.52. The average Bonchev–Trinajstić information content (AvgIpc) is 2.29. The van der Waals surface area contributed by atoms with E-state index in [1.54, 1.807) is 14.0 Å². The number of methoxy groups -OCH3 is 1. The van der Waals surface area contributed by atoms with Crippen molar-refractivity contribution in [1.29, 1.82) is 0 Å². The lowest BCUT2D eigenvalue weighted by atomic mass is 10.1. The van der Waals surface area contributed by atoms with Crippen LogP contribution in [0.15, 0.2) is 24.3 Å². The summed E-state index contributed by atoms with van der Waals surface area (Å²) in [4.78, 5) is 13.2. The molecule has 0 saturated carbocycles. The molecule has 0 bridgehead atoms. The second kappa shape index (κ2) is 6.40. The van der Waals surface area contributed by atoms with Crippen LogP contribution >= 0.6 is 0 Å². The number of ketones is 1. The Labute approximate surface area is 103 Å². The van der Waals surface area contributed by atoms with Crippen molar-refractivity contribution in [3.63, 3.8) is 0 Å². The summed E-state index contributed by atoms with van der Waals surface area (Å²) in [6.07, 6.45) is 0.604. The Morgan fingerprint density at radius 1 is 1.35 bits per heavy atom. The zero-order valence-electron chi connectivity index (χ0n) is 11.1. The normalized spacial score (nSPS) is 12.5. The van der Waals surface area contributed by atoms with Gasteiger partial charge >= 0.3 is 0 Å². The molecule has 0 saturated heterocycles. The van der Waals surface area contributed by atoms with E-state index in [1.165, 1.54) is 5.56 Å². The Hall–Kier alpha value is -1.35. The summed E-state index contributed by atoms with van der Waals surface area (Å²) < 4.78 is 5.12. The number of ether oxygens (including phenoxy) is 1. The summed E-state index contributed by atoms with van der Waals surface area (Å²) in [5.41, 5.74) is 1.23. The number of nitrogens with zero attached hydrogens (tertiary/aromatic N) is 1. The summed E-state index contributed by atoms with van der Waals surface area (Å²) in [6, 6.07) is 8.29. The summed E-state index contributed by atoms with van der Waals surface area (Å²) >= 11 is 0. The molecule has 0 N–H and O–H groups in total. The van der Waals surface area contributed by atoms with Crippen LogP contribution in [-0.2, 0) is 11.3 Å². The molecule has 1 aromatic rings. The first kappa shape index (κ1) is 13.7. The van der Waals surface area contributed by atoms with Crippen LogP contribution in [0.1, 0.15) is 25.8 Å². The third kappa shape index (κ3) is 4.57. The van der Waals surface area contributed by atoms with Crippen LogP contribution < -0.4 is 4.74 Å². The van der Waals surface area contributed by atoms with Crippen molar-refractivity contribution in [2.75, 3.05) is 14.2 Å². The molecule has 3 heteroatoms. The molecule has 1 aromatic carbocycles. The van der Waals surface area contributed by atoms with Gasteiger partial charge in [-0.15, -0.1) is 0 Å². The number of hydrogen-bond donors (Lipinski definition) is 0. The van der Waals surface area contributed by atoms with Crippen LogP contribution in [0.5, 0.6) is 5.75 Å². The van der Waals surface area contributed by atoms with Gasteiger partial charge in [0.25, 0.3) is 0 Å². The van der Waals surface area contributed by atoms with Crippen LogP contribution in [0.25, 0.3) is 0 Å². The maximum Gasteiger partial charge on any atom is 0.131 e. The number of carbonyl (C=O) groups is 1. The average molecular weight is 235 g/mol. The molecule has 1 unspecified atom stereocenters. The minimum atomic E-state index is 0.235. The van der Waals surface area contributed by atoms with E-state index in [-0.39, 0.29) is 11.8 Å². The molecule has 0 radical (unpaired) electrons. The fourth-order valence-electron chi connectivity index (χ4n) is 1.75. The highest BCUT2D eigenvalue weighted by atomic mass is 16.5. The largest absolute Gasteiger partial charge is 0.497 e. The van der Waals surface area contributed by atoms with E-state index in [1.807, 2.05) is 19.2 Å². The number of rotatable bonds is 6. The number of benzene rings is 1. The first-order valence-electron chi connectivity index (χ1n) is 5.85. The topological polar surface area (TPSA) is 29.5 Å². The van der Waals surface area contributed by atoms with E-state index in [4.69, 9.17) is 4.74 Å². The van der Waals surface area contributed by atoms with Crippen LogP contribution in [0, 0.1) is 0 Å². The van der Waals surface area contributed by atoms with E-state index in [9.17, 15) is 4.79 Å². The highest BCUT2D eigenvalue weighted by Gasteiger charge is 2.11. The zero-order chi connectivity index (χ0) is 12.8. The van der Waals surface area contributed by atoms with Crippen molar-refractivity contribution in [2.24, 2.45) is 0 Å². The van der Waals surface area contributed by atoms with Gasteiger partial charge in [-0.2, -0.15) is 0 Å². The van der Waals surface area contributed by atoms with Gasteiger partial charge in [0.05, 0.1) is 7.11 Å². The predicted molar refractivity (Wildman–Crippen MR) is 69.2 cm³/mol. The van der Waals surface area contributed by atoms with E-state index in [2.05, 4.69) is 24.0 Å². The summed E-state index contributed by atoms with van der Waals surface area (Å²) in [5.74, 6) is 1.10. The molecular weight excluding hydrogens is 214 g/mol. The van der Waals surface area contributed by atoms with Gasteiger partial charge in [0.15, 0.2) is 0 Å². The Bertz CT molecular complexity index is 359. The minimum Gasteiger partial charge on any atom is -0.497 e. The van der Waals surface area contributed by atoms with Gasteiger partial charge in [-0.25, -0.2) is 0 Å². The van der Waals surface area contributed by atoms with E-state index in [0.29, 0.717) is 6.42 Å². The Morgan fingerprint density at radius 3 is 2.41 bits per heavy atom. The first-order valence-corrected chi connectivity index (χ1v) is 5.85. The molecule has 0 aliphatic carbocycles. The van der Waals surface area contributed by atoms with Crippen molar-refractivity contribution in [3.05, 3.63) is 29.8 Å². The number of Topliss-reactive ketones (excluding diaryl/α,β-unsaturated/α-hetero) is 1. The molecule has 1 rings (SSSR count). The van der Waals surface area contributed by atoms with Crippen molar-refractivity contribution in [3.8, 4) is 5.75 Å². The number of carbonyl (C=O) groups excluding carboxylic acids is 1. The molecule has 0 aliphatic rings. The van der Waals surface area contributed by atoms with Gasteiger partial charge in [0.2, 0.25) is 0 Å². The maximum absolute atomic E-state index is 11.1. The predicted octanol–water partition coefficient (Wildman–Crippen LogP) is 2.49. The molecule has 0 heterocycles. The Balaban J connectivity index is 2.54. The fraction of sp³-hybridized carbons (Fsp3) is 0.500. The van der Waals surface area contributed by atoms with Crippen molar-refractivity contribution in [1.82, 2.24) is 4.90 Å². The van der Waals surface area contributed by atoms with Gasteiger partial charge in [0.1, 0.15) is 11.5 Å². The standard InChI is InChI=1S/C14H21NO2/c1-11(9-12(2)16)15(3)10-13-5-7-14(17-4)8-6-13/h5-8,11H,9-10H2,1-4H3. The fourth-order valence-corrected chi connectivity index (χ4v) is 1.75. The molecule has 17 heavy (non-hydrogen) atoms. The lowest BCUT2D eigenvalue weighted by molar-refractivity contribution is -0.118. The molecule has 0 spiro atoms. The Kier molecular flexibility index (Phi) is 5.16. The van der Waals surface area contributed by atoms with Crippen LogP contribution in [0.3, 0.4) is 0 Å². The summed E-state index contributed by atoms with van der Waals surface area (Å²) in [5, 5.41) is 0. The molecule has 0 amide bonds. The molecule has 1 atom stereocenters. The van der Waals surface area contributed by atoms with E-state index < -0.39 is 0 Å². The van der Waals surface area contributed by atoms with Gasteiger partial charge in [-0.1, -0.05) is 12.1 Å². The highest BCUT2D eigenvalue weighted by Crippen LogP contribution is 2.14. The molecule has 3 nitrogen and oxygen atoms in total. The smallest absolute Gasteiger partial charge is 0.131 e. The van der Waals surface area contributed by atoms with E-state index >= 15 is 0 Å². The van der Waals surface area contributed by atoms with Crippen molar-refractivity contribution >= 4 is 5.78 Å². The van der Waals surface area contributed by atoms with Crippen LogP contribution in [0.4, 0.5) is 0 Å². The first-order chi connectivity index (χ1) is 8.02. The van der Waals surface area contributed by atoms with E-state index in [0.717, 1.165) is 12.3 Å². The van der Waals surface area contributed by atoms with Crippen molar-refractivity contribution in [2.45, 2.75) is 32.9 Å². The SMILES string of the molecule is COc1ccc(CN(C)C(C)CC(C)=O)cc1. The lowest BCUT2D eigenvalue weighted by Crippen LogP contribution is -2.30. The number of hydrogen-bond acceptors (Lipinski definition) is 3.